The van der Waals surface area contributed by atoms with Gasteiger partial charge >= 0.3 is 0 Å². The number of nitrogens with zero attached hydrogens (tertiary/aromatic N) is 1. The van der Waals surface area contributed by atoms with Gasteiger partial charge in [0.15, 0.2) is 0 Å². The molecular formula is C19H19ClF2N2O3. The van der Waals surface area contributed by atoms with E-state index in [1.807, 2.05) is 0 Å². The van der Waals surface area contributed by atoms with Crippen molar-refractivity contribution in [3.05, 3.63) is 57.9 Å². The van der Waals surface area contributed by atoms with Gasteiger partial charge in [-0.05, 0) is 43.7 Å². The van der Waals surface area contributed by atoms with Crippen molar-refractivity contribution in [2.45, 2.75) is 33.2 Å². The van der Waals surface area contributed by atoms with Crippen LogP contribution in [0, 0.1) is 6.92 Å². The van der Waals surface area contributed by atoms with E-state index in [9.17, 15) is 18.4 Å². The Morgan fingerprint density at radius 3 is 2.63 bits per heavy atom. The van der Waals surface area contributed by atoms with E-state index in [-0.39, 0.29) is 30.4 Å². The monoisotopic (exact) mass is 396 g/mol. The molecule has 0 aliphatic heterocycles. The van der Waals surface area contributed by atoms with Gasteiger partial charge in [0.05, 0.1) is 0 Å². The van der Waals surface area contributed by atoms with E-state index in [0.717, 1.165) is 0 Å². The Morgan fingerprint density at radius 2 is 2.00 bits per heavy atom. The van der Waals surface area contributed by atoms with Crippen LogP contribution in [0.25, 0.3) is 0 Å². The lowest BCUT2D eigenvalue weighted by Crippen LogP contribution is -2.23. The zero-order valence-electron chi connectivity index (χ0n) is 14.9. The lowest BCUT2D eigenvalue weighted by atomic mass is 10.1. The molecule has 1 heterocycles. The van der Waals surface area contributed by atoms with Gasteiger partial charge in [-0.2, -0.15) is 0 Å². The number of carbonyl (C=O) groups excluding carboxylic acids is 2. The van der Waals surface area contributed by atoms with E-state index in [4.69, 9.17) is 16.3 Å². The second kappa shape index (κ2) is 9.41. The minimum Gasteiger partial charge on any atom is -0.488 e. The van der Waals surface area contributed by atoms with Crippen LogP contribution in [0.2, 0.25) is 5.02 Å². The number of aromatic nitrogens is 1. The molecule has 0 aliphatic rings. The first-order valence-electron chi connectivity index (χ1n) is 8.19. The number of benzene rings is 1. The highest BCUT2D eigenvalue weighted by atomic mass is 35.5. The van der Waals surface area contributed by atoms with Gasteiger partial charge in [-0.1, -0.05) is 17.7 Å². The third kappa shape index (κ3) is 6.60. The lowest BCUT2D eigenvalue weighted by Gasteiger charge is -2.11. The van der Waals surface area contributed by atoms with Crippen LogP contribution in [0.3, 0.4) is 0 Å². The normalized spacial score (nSPS) is 10.7. The van der Waals surface area contributed by atoms with Gasteiger partial charge in [-0.15, -0.1) is 0 Å². The third-order valence-corrected chi connectivity index (χ3v) is 3.89. The van der Waals surface area contributed by atoms with Crippen molar-refractivity contribution in [2.75, 3.05) is 6.61 Å². The summed E-state index contributed by atoms with van der Waals surface area (Å²) in [5.74, 6) is -0.145. The number of alkyl halides is 2. The molecule has 2 rings (SSSR count). The van der Waals surface area contributed by atoms with Crippen LogP contribution in [0.5, 0.6) is 5.75 Å². The van der Waals surface area contributed by atoms with Gasteiger partial charge in [0.2, 0.25) is 0 Å². The summed E-state index contributed by atoms with van der Waals surface area (Å²) < 4.78 is 29.2. The number of amides is 1. The first-order chi connectivity index (χ1) is 12.7. The molecule has 0 saturated carbocycles. The first kappa shape index (κ1) is 20.8. The van der Waals surface area contributed by atoms with Crippen LogP contribution in [0.15, 0.2) is 30.3 Å². The summed E-state index contributed by atoms with van der Waals surface area (Å²) in [4.78, 5) is 27.9. The fourth-order valence-corrected chi connectivity index (χ4v) is 2.65. The molecule has 0 fully saturated rings. The SMILES string of the molecule is CC(=O)Cc1cc(C(=O)NCc2ccc(OCC(F)F)cc2Cl)cc(C)n1. The summed E-state index contributed by atoms with van der Waals surface area (Å²) >= 11 is 6.12. The molecule has 0 aliphatic carbocycles. The Bertz CT molecular complexity index is 844. The number of ketones is 1. The average Bonchev–Trinajstić information content (AvgIpc) is 2.57. The summed E-state index contributed by atoms with van der Waals surface area (Å²) in [5, 5.41) is 3.03. The topological polar surface area (TPSA) is 68.3 Å². The molecule has 1 N–H and O–H groups in total. The van der Waals surface area contributed by atoms with E-state index >= 15 is 0 Å². The summed E-state index contributed by atoms with van der Waals surface area (Å²) in [7, 11) is 0. The maximum atomic E-state index is 12.4. The van der Waals surface area contributed by atoms with Gasteiger partial charge < -0.3 is 10.1 Å². The minimum atomic E-state index is -2.57. The van der Waals surface area contributed by atoms with Crippen molar-refractivity contribution in [1.29, 1.82) is 0 Å². The maximum Gasteiger partial charge on any atom is 0.272 e. The smallest absolute Gasteiger partial charge is 0.272 e. The number of hydrogen-bond acceptors (Lipinski definition) is 4. The predicted octanol–water partition coefficient (Wildman–Crippen LogP) is 3.75. The number of halogens is 3. The number of ether oxygens (including phenoxy) is 1. The average molecular weight is 397 g/mol. The highest BCUT2D eigenvalue weighted by molar-refractivity contribution is 6.31. The van der Waals surface area contributed by atoms with E-state index < -0.39 is 13.0 Å². The highest BCUT2D eigenvalue weighted by Crippen LogP contribution is 2.23. The molecule has 0 spiro atoms. The second-order valence-electron chi connectivity index (χ2n) is 6.01. The summed E-state index contributed by atoms with van der Waals surface area (Å²) in [6, 6.07) is 7.74. The van der Waals surface area contributed by atoms with E-state index in [2.05, 4.69) is 10.3 Å². The van der Waals surface area contributed by atoms with Crippen molar-refractivity contribution in [2.24, 2.45) is 0 Å². The molecule has 1 aromatic carbocycles. The second-order valence-corrected chi connectivity index (χ2v) is 6.41. The molecule has 0 unspecified atom stereocenters. The van der Waals surface area contributed by atoms with Crippen LogP contribution < -0.4 is 10.1 Å². The molecule has 27 heavy (non-hydrogen) atoms. The molecule has 2 aromatic rings. The van der Waals surface area contributed by atoms with Gasteiger partial charge in [0, 0.05) is 34.9 Å². The number of aryl methyl sites for hydroxylation is 1. The molecule has 1 amide bonds. The van der Waals surface area contributed by atoms with Crippen LogP contribution >= 0.6 is 11.6 Å². The quantitative estimate of drug-likeness (QED) is 0.737. The summed E-state index contributed by atoms with van der Waals surface area (Å²) in [6.45, 7) is 2.64. The van der Waals surface area contributed by atoms with E-state index in [1.165, 1.54) is 19.1 Å². The van der Waals surface area contributed by atoms with Crippen molar-refractivity contribution in [3.63, 3.8) is 0 Å². The van der Waals surface area contributed by atoms with Crippen molar-refractivity contribution >= 4 is 23.3 Å². The molecule has 0 radical (unpaired) electrons. The molecule has 5 nitrogen and oxygen atoms in total. The number of hydrogen-bond donors (Lipinski definition) is 1. The van der Waals surface area contributed by atoms with Gasteiger partial charge in [-0.25, -0.2) is 8.78 Å². The van der Waals surface area contributed by atoms with Crippen LogP contribution in [-0.2, 0) is 17.8 Å². The van der Waals surface area contributed by atoms with Gasteiger partial charge in [0.1, 0.15) is 18.1 Å². The number of nitrogens with one attached hydrogen (secondary N) is 1. The molecule has 0 bridgehead atoms. The number of rotatable bonds is 8. The molecule has 0 saturated heterocycles. The van der Waals surface area contributed by atoms with Gasteiger partial charge in [0.25, 0.3) is 12.3 Å². The fourth-order valence-electron chi connectivity index (χ4n) is 2.41. The molecular weight excluding hydrogens is 378 g/mol. The van der Waals surface area contributed by atoms with Crippen molar-refractivity contribution in [3.8, 4) is 5.75 Å². The van der Waals surface area contributed by atoms with E-state index in [1.54, 1.807) is 25.1 Å². The summed E-state index contributed by atoms with van der Waals surface area (Å²) in [5.41, 5.74) is 2.18. The Kier molecular flexibility index (Phi) is 7.24. The first-order valence-corrected chi connectivity index (χ1v) is 8.57. The van der Waals surface area contributed by atoms with Crippen LogP contribution in [0.4, 0.5) is 8.78 Å². The Labute approximate surface area is 160 Å². The third-order valence-electron chi connectivity index (χ3n) is 3.54. The predicted molar refractivity (Wildman–Crippen MR) is 97.5 cm³/mol. The Hall–Kier alpha value is -2.54. The molecule has 8 heteroatoms. The Morgan fingerprint density at radius 1 is 1.26 bits per heavy atom. The zero-order chi connectivity index (χ0) is 20.0. The zero-order valence-corrected chi connectivity index (χ0v) is 15.6. The number of Topliss-reactive ketones (excluding diaryl/α,β-unsaturated/α-hetero) is 1. The van der Waals surface area contributed by atoms with Crippen LogP contribution in [-0.4, -0.2) is 29.7 Å². The molecule has 0 atom stereocenters. The maximum absolute atomic E-state index is 12.4. The van der Waals surface area contributed by atoms with Crippen molar-refractivity contribution < 1.29 is 23.1 Å². The fraction of sp³-hybridized carbons (Fsp3) is 0.316. The van der Waals surface area contributed by atoms with Crippen LogP contribution in [0.1, 0.15) is 34.2 Å². The number of pyridine rings is 1. The standard InChI is InChI=1S/C19H19ClF2N2O3/c1-11-5-14(7-15(24-11)6-12(2)25)19(26)23-9-13-3-4-16(8-17(13)20)27-10-18(21)22/h3-5,7-8,18H,6,9-10H2,1-2H3,(H,23,26). The summed E-state index contributed by atoms with van der Waals surface area (Å²) in [6.07, 6.45) is -2.41. The molecule has 144 valence electrons. The largest absolute Gasteiger partial charge is 0.488 e. The minimum absolute atomic E-state index is 0.0413. The number of carbonyl (C=O) groups is 2. The molecule has 1 aromatic heterocycles. The van der Waals surface area contributed by atoms with Crippen molar-refractivity contribution in [1.82, 2.24) is 10.3 Å². The highest BCUT2D eigenvalue weighted by Gasteiger charge is 2.11. The van der Waals surface area contributed by atoms with E-state index in [0.29, 0.717) is 27.5 Å². The van der Waals surface area contributed by atoms with Gasteiger partial charge in [-0.3, -0.25) is 14.6 Å². The Balaban J connectivity index is 2.03. The lowest BCUT2D eigenvalue weighted by molar-refractivity contribution is -0.116.